The molecule has 0 atom stereocenters. The van der Waals surface area contributed by atoms with Crippen LogP contribution in [-0.4, -0.2) is 147 Å². The molecule has 9 nitrogen and oxygen atoms in total. The maximum atomic E-state index is 14.3. The number of alkyl halides is 36. The Morgan fingerprint density at radius 1 is 0.238 bits per heavy atom. The number of aromatic nitrogens is 5. The Morgan fingerprint density at radius 3 is 0.667 bits per heavy atom. The van der Waals surface area contributed by atoms with Crippen LogP contribution in [0.15, 0.2) is 54.6 Å². The van der Waals surface area contributed by atoms with Gasteiger partial charge >= 0.3 is 108 Å². The molecule has 0 aliphatic heterocycles. The predicted molar refractivity (Wildman–Crippen MR) is 197 cm³/mol. The standard InChI is InChI=1S/C39H17F36N5O4/c40-24(41,28(48,49)32(56,57)36(64,65)66)10-81-18-9-19(82-11-25(42,43)29(50,51)33(58,59)37(67,68)69)77-20(76-18)16-5-1-14(2-6-16)15-3-7-17(8-4-15)21-78-22(83-12-26(44,45)30(52,53)34(60,61)38(70,71)72)80-23(79-21)84-13-27(46,47)31(54,55)35(62,63)39(73,74)75/h1-9H,10-13H2. The van der Waals surface area contributed by atoms with E-state index >= 15 is 0 Å². The van der Waals surface area contributed by atoms with Crippen molar-refractivity contribution < 1.29 is 177 Å². The highest BCUT2D eigenvalue weighted by Gasteiger charge is 2.85. The molecular formula is C39H17F36N5O4. The molecule has 84 heavy (non-hydrogen) atoms. The highest BCUT2D eigenvalue weighted by Crippen LogP contribution is 2.57. The number of nitrogens with zero attached hydrogens (tertiary/aromatic N) is 5. The van der Waals surface area contributed by atoms with Crippen molar-refractivity contribution in [1.29, 1.82) is 0 Å². The largest absolute Gasteiger partial charge is 0.471 e. The predicted octanol–water partition coefficient (Wildman–Crippen LogP) is 15.1. The molecule has 0 radical (unpaired) electrons. The van der Waals surface area contributed by atoms with Crippen LogP contribution in [-0.2, 0) is 0 Å². The van der Waals surface area contributed by atoms with Crippen LogP contribution < -0.4 is 18.9 Å². The third kappa shape index (κ3) is 12.6. The van der Waals surface area contributed by atoms with Crippen molar-refractivity contribution in [2.75, 3.05) is 26.4 Å². The summed E-state index contributed by atoms with van der Waals surface area (Å²) in [6, 6.07) is 1.09. The SMILES string of the molecule is FC(F)(F)C(F)(F)C(F)(F)C(F)(F)COc1cc(OCC(F)(F)C(F)(F)C(F)(F)C(F)(F)F)nc(-c2ccc(-c3ccc(-c4nc(OCC(F)(F)C(F)(F)C(F)(F)C(F)(F)F)nc(OCC(F)(F)C(F)(F)C(F)(F)C(F)(F)F)n4)cc3)cc2)n1. The topological polar surface area (TPSA) is 101 Å². The zero-order chi connectivity index (χ0) is 65.3. The van der Waals surface area contributed by atoms with Crippen molar-refractivity contribution in [3.8, 4) is 57.7 Å². The first kappa shape index (κ1) is 69.7. The van der Waals surface area contributed by atoms with Gasteiger partial charge in [-0.15, -0.1) is 4.98 Å². The molecule has 0 saturated carbocycles. The lowest BCUT2D eigenvalue weighted by molar-refractivity contribution is -0.398. The van der Waals surface area contributed by atoms with Crippen molar-refractivity contribution in [1.82, 2.24) is 24.9 Å². The first-order valence-corrected chi connectivity index (χ1v) is 20.4. The number of hydrogen-bond acceptors (Lipinski definition) is 9. The van der Waals surface area contributed by atoms with Crippen LogP contribution in [0.3, 0.4) is 0 Å². The fourth-order valence-corrected chi connectivity index (χ4v) is 5.53. The summed E-state index contributed by atoms with van der Waals surface area (Å²) < 4.78 is 500. The second-order valence-electron chi connectivity index (χ2n) is 16.3. The van der Waals surface area contributed by atoms with Gasteiger partial charge in [0.25, 0.3) is 0 Å². The van der Waals surface area contributed by atoms with Gasteiger partial charge in [-0.3, -0.25) is 0 Å². The second kappa shape index (κ2) is 21.6. The van der Waals surface area contributed by atoms with E-state index in [4.69, 9.17) is 0 Å². The molecule has 0 aliphatic rings. The quantitative estimate of drug-likeness (QED) is 0.0672. The summed E-state index contributed by atoms with van der Waals surface area (Å²) in [6.07, 6.45) is -29.7. The van der Waals surface area contributed by atoms with Crippen LogP contribution in [0.5, 0.6) is 23.8 Å². The molecule has 0 bridgehead atoms. The fourth-order valence-electron chi connectivity index (χ4n) is 5.53. The number of benzene rings is 2. The van der Waals surface area contributed by atoms with E-state index in [2.05, 4.69) is 43.9 Å². The molecule has 2 aromatic carbocycles. The minimum Gasteiger partial charge on any atom is -0.471 e. The second-order valence-corrected chi connectivity index (χ2v) is 16.3. The van der Waals surface area contributed by atoms with E-state index in [1.54, 1.807) is 0 Å². The Hall–Kier alpha value is -6.79. The molecule has 474 valence electrons. The first-order chi connectivity index (χ1) is 37.2. The molecule has 0 spiro atoms. The molecule has 2 heterocycles. The molecule has 0 unspecified atom stereocenters. The van der Waals surface area contributed by atoms with Gasteiger partial charge in [-0.05, 0) is 11.1 Å². The van der Waals surface area contributed by atoms with Gasteiger partial charge in [0, 0.05) is 11.1 Å². The molecule has 0 N–H and O–H groups in total. The van der Waals surface area contributed by atoms with Gasteiger partial charge in [-0.25, -0.2) is 0 Å². The van der Waals surface area contributed by atoms with Gasteiger partial charge in [-0.2, -0.15) is 178 Å². The van der Waals surface area contributed by atoms with Gasteiger partial charge in [0.15, 0.2) is 38.1 Å². The Labute approximate surface area is 436 Å². The van der Waals surface area contributed by atoms with E-state index in [1.165, 1.54) is 0 Å². The minimum absolute atomic E-state index is 0.240. The lowest BCUT2D eigenvalue weighted by Gasteiger charge is -2.33. The number of rotatable bonds is 23. The maximum Gasteiger partial charge on any atom is 0.460 e. The van der Waals surface area contributed by atoms with Crippen LogP contribution >= 0.6 is 0 Å². The summed E-state index contributed by atoms with van der Waals surface area (Å²) >= 11 is 0. The molecule has 0 aliphatic carbocycles. The summed E-state index contributed by atoms with van der Waals surface area (Å²) in [7, 11) is 0. The van der Waals surface area contributed by atoms with Crippen LogP contribution in [0.25, 0.3) is 33.9 Å². The van der Waals surface area contributed by atoms with Gasteiger partial charge in [0.1, 0.15) is 0 Å². The van der Waals surface area contributed by atoms with Crippen molar-refractivity contribution >= 4 is 0 Å². The van der Waals surface area contributed by atoms with Crippen LogP contribution in [0.4, 0.5) is 158 Å². The average Bonchev–Trinajstić information content (AvgIpc) is 1.87. The summed E-state index contributed by atoms with van der Waals surface area (Å²) in [6.45, 7) is -13.4. The lowest BCUT2D eigenvalue weighted by Crippen LogP contribution is -2.62. The van der Waals surface area contributed by atoms with Crippen LogP contribution in [0, 0.1) is 0 Å². The first-order valence-electron chi connectivity index (χ1n) is 20.4. The van der Waals surface area contributed by atoms with Crippen molar-refractivity contribution in [3.05, 3.63) is 54.6 Å². The minimum atomic E-state index is -7.59. The molecule has 0 fully saturated rings. The van der Waals surface area contributed by atoms with Gasteiger partial charge in [0.05, 0.1) is 6.07 Å². The number of hydrogen-bond donors (Lipinski definition) is 0. The van der Waals surface area contributed by atoms with Crippen molar-refractivity contribution in [2.24, 2.45) is 0 Å². The van der Waals surface area contributed by atoms with Crippen LogP contribution in [0.2, 0.25) is 0 Å². The third-order valence-electron chi connectivity index (χ3n) is 10.3. The molecule has 4 aromatic rings. The van der Waals surface area contributed by atoms with Gasteiger partial charge < -0.3 is 18.9 Å². The Bertz CT molecular complexity index is 2600. The zero-order valence-electron chi connectivity index (χ0n) is 38.5. The molecular weight excluding hydrogens is 1290 g/mol. The number of halogens is 36. The summed E-state index contributed by atoms with van der Waals surface area (Å²) in [5.74, 6) is -93.2. The highest BCUT2D eigenvalue weighted by molar-refractivity contribution is 5.70. The van der Waals surface area contributed by atoms with E-state index in [-0.39, 0.29) is 17.2 Å². The summed E-state index contributed by atoms with van der Waals surface area (Å²) in [4.78, 5) is 15.2. The normalized spacial score (nSPS) is 14.9. The average molecular weight is 1300 g/mol. The molecule has 45 heteroatoms. The maximum absolute atomic E-state index is 14.3. The van der Waals surface area contributed by atoms with E-state index in [0.717, 1.165) is 24.3 Å². The van der Waals surface area contributed by atoms with Crippen molar-refractivity contribution in [2.45, 2.75) is 95.8 Å². The lowest BCUT2D eigenvalue weighted by atomic mass is 10.0. The molecule has 4 rings (SSSR count). The van der Waals surface area contributed by atoms with E-state index in [1.807, 2.05) is 0 Å². The third-order valence-corrected chi connectivity index (χ3v) is 10.3. The van der Waals surface area contributed by atoms with Gasteiger partial charge in [0.2, 0.25) is 11.8 Å². The van der Waals surface area contributed by atoms with E-state index < -0.39 is 169 Å². The molecule has 0 amide bonds. The van der Waals surface area contributed by atoms with E-state index in [9.17, 15) is 158 Å². The Balaban J connectivity index is 1.77. The van der Waals surface area contributed by atoms with Crippen LogP contribution in [0.1, 0.15) is 0 Å². The molecule has 0 saturated heterocycles. The smallest absolute Gasteiger partial charge is 0.460 e. The summed E-state index contributed by atoms with van der Waals surface area (Å²) in [5, 5.41) is 0. The highest BCUT2D eigenvalue weighted by atomic mass is 19.5. The zero-order valence-corrected chi connectivity index (χ0v) is 38.5. The van der Waals surface area contributed by atoms with Crippen molar-refractivity contribution in [3.63, 3.8) is 0 Å². The monoisotopic (exact) mass is 1300 g/mol. The van der Waals surface area contributed by atoms with E-state index in [0.29, 0.717) is 24.3 Å². The summed E-state index contributed by atoms with van der Waals surface area (Å²) in [5.41, 5.74) is -2.00. The molecule has 2 aromatic heterocycles. The fraction of sp³-hybridized carbons (Fsp3) is 0.513. The number of ether oxygens (including phenoxy) is 4. The Kier molecular flexibility index (Phi) is 17.9. The Morgan fingerprint density at radius 2 is 0.440 bits per heavy atom. The van der Waals surface area contributed by atoms with Gasteiger partial charge in [-0.1, -0.05) is 48.5 Å².